The molecular weight excluding hydrogens is 402 g/mol. The number of aromatic nitrogens is 4. The normalized spacial score (nSPS) is 19.7. The minimum Gasteiger partial charge on any atom is -0.346 e. The molecule has 1 aliphatic heterocycles. The van der Waals surface area contributed by atoms with Crippen molar-refractivity contribution in [1.29, 1.82) is 5.26 Å². The minimum atomic E-state index is -3.37. The van der Waals surface area contributed by atoms with Crippen LogP contribution in [-0.4, -0.2) is 50.3 Å². The van der Waals surface area contributed by atoms with Crippen LogP contribution in [0.25, 0.3) is 27.0 Å². The number of fused-ring (bicyclic) bond motifs is 1. The van der Waals surface area contributed by atoms with Crippen molar-refractivity contribution in [1.82, 2.24) is 24.1 Å². The zero-order chi connectivity index (χ0) is 21.1. The molecule has 0 atom stereocenters. The van der Waals surface area contributed by atoms with Crippen LogP contribution in [0.15, 0.2) is 30.9 Å². The maximum Gasteiger partial charge on any atom is 0.219 e. The van der Waals surface area contributed by atoms with Gasteiger partial charge in [0.15, 0.2) is 0 Å². The van der Waals surface area contributed by atoms with E-state index < -0.39 is 20.3 Å². The number of hydrogen-bond donors (Lipinski definition) is 1. The fraction of sp³-hybridized carbons (Fsp3) is 0.400. The molecule has 3 aromatic rings. The topological polar surface area (TPSA) is 112 Å². The van der Waals surface area contributed by atoms with Gasteiger partial charge in [-0.2, -0.15) is 14.7 Å². The van der Waals surface area contributed by atoms with Gasteiger partial charge in [-0.25, -0.2) is 13.3 Å². The summed E-state index contributed by atoms with van der Waals surface area (Å²) in [6, 6.07) is 4.05. The van der Waals surface area contributed by atoms with Crippen LogP contribution in [-0.2, 0) is 15.6 Å². The molecule has 0 aromatic carbocycles. The number of H-pyrrole nitrogens is 1. The Kier molecular flexibility index (Phi) is 3.85. The highest BCUT2D eigenvalue weighted by atomic mass is 32.2. The first-order chi connectivity index (χ1) is 14.3. The van der Waals surface area contributed by atoms with E-state index in [2.05, 4.69) is 26.0 Å². The molecule has 0 bridgehead atoms. The van der Waals surface area contributed by atoms with E-state index in [4.69, 9.17) is 6.57 Å². The van der Waals surface area contributed by atoms with E-state index in [-0.39, 0.29) is 19.5 Å². The van der Waals surface area contributed by atoms with E-state index in [1.807, 2.05) is 6.07 Å². The second-order valence-corrected chi connectivity index (χ2v) is 10.8. The van der Waals surface area contributed by atoms with E-state index in [1.54, 1.807) is 30.2 Å². The van der Waals surface area contributed by atoms with Gasteiger partial charge in [-0.1, -0.05) is 0 Å². The molecule has 0 amide bonds. The van der Waals surface area contributed by atoms with Crippen LogP contribution >= 0.6 is 0 Å². The van der Waals surface area contributed by atoms with Crippen molar-refractivity contribution in [2.75, 3.05) is 13.1 Å². The van der Waals surface area contributed by atoms with Crippen LogP contribution in [0.1, 0.15) is 26.2 Å². The van der Waals surface area contributed by atoms with Crippen LogP contribution < -0.4 is 0 Å². The fourth-order valence-corrected chi connectivity index (χ4v) is 6.17. The zero-order valence-electron chi connectivity index (χ0n) is 16.3. The summed E-state index contributed by atoms with van der Waals surface area (Å²) in [5.74, 6) is 0. The number of hydrogen-bond acceptors (Lipinski definition) is 5. The number of nitrogens with one attached hydrogen (secondary N) is 1. The Morgan fingerprint density at radius 2 is 2.13 bits per heavy atom. The summed E-state index contributed by atoms with van der Waals surface area (Å²) < 4.78 is 28.1. The predicted octanol–water partition coefficient (Wildman–Crippen LogP) is 2.78. The maximum absolute atomic E-state index is 12.8. The van der Waals surface area contributed by atoms with Gasteiger partial charge in [-0.3, -0.25) is 9.67 Å². The molecule has 152 valence electrons. The predicted molar refractivity (Wildman–Crippen MR) is 110 cm³/mol. The monoisotopic (exact) mass is 421 g/mol. The molecule has 9 nitrogen and oxygen atoms in total. The quantitative estimate of drug-likeness (QED) is 0.637. The minimum absolute atomic E-state index is 0.155. The van der Waals surface area contributed by atoms with Crippen molar-refractivity contribution >= 4 is 26.7 Å². The molecule has 2 fully saturated rings. The van der Waals surface area contributed by atoms with Crippen molar-refractivity contribution in [3.8, 4) is 17.2 Å². The number of rotatable bonds is 5. The molecule has 1 N–H and O–H groups in total. The Morgan fingerprint density at radius 3 is 2.80 bits per heavy atom. The molecule has 1 saturated heterocycles. The fourth-order valence-electron chi connectivity index (χ4n) is 4.11. The lowest BCUT2D eigenvalue weighted by Gasteiger charge is -2.48. The van der Waals surface area contributed by atoms with Gasteiger partial charge >= 0.3 is 0 Å². The first-order valence-corrected chi connectivity index (χ1v) is 11.0. The Bertz CT molecular complexity index is 1350. The summed E-state index contributed by atoms with van der Waals surface area (Å²) in [6.07, 6.45) is 8.27. The summed E-state index contributed by atoms with van der Waals surface area (Å²) in [4.78, 5) is 10.9. The molecule has 30 heavy (non-hydrogen) atoms. The number of nitrogens with zero attached hydrogens (tertiary/aromatic N) is 6. The van der Waals surface area contributed by atoms with E-state index in [9.17, 15) is 13.7 Å². The molecule has 10 heteroatoms. The lowest BCUT2D eigenvalue weighted by atomic mass is 9.89. The van der Waals surface area contributed by atoms with Crippen LogP contribution in [0.4, 0.5) is 5.69 Å². The van der Waals surface area contributed by atoms with Gasteiger partial charge in [-0.15, -0.1) is 0 Å². The Balaban J connectivity index is 1.52. The number of nitriles is 1. The van der Waals surface area contributed by atoms with E-state index in [0.717, 1.165) is 16.5 Å². The summed E-state index contributed by atoms with van der Waals surface area (Å²) >= 11 is 0. The van der Waals surface area contributed by atoms with Crippen LogP contribution in [0.2, 0.25) is 0 Å². The van der Waals surface area contributed by atoms with Gasteiger partial charge in [0.2, 0.25) is 15.7 Å². The van der Waals surface area contributed by atoms with Gasteiger partial charge in [-0.05, 0) is 25.8 Å². The van der Waals surface area contributed by atoms with Crippen molar-refractivity contribution in [2.24, 2.45) is 0 Å². The highest BCUT2D eigenvalue weighted by molar-refractivity contribution is 7.90. The smallest absolute Gasteiger partial charge is 0.219 e. The van der Waals surface area contributed by atoms with Crippen LogP contribution in [0, 0.1) is 17.9 Å². The highest BCUT2D eigenvalue weighted by Crippen LogP contribution is 2.48. The SMILES string of the molecule is [C-]#[N+]c1cnc2[nH]ccc2c1-c1cnn(C2(CC#N)CN(S(=O)(=O)C3(C)CC3)C2)c1. The largest absolute Gasteiger partial charge is 0.346 e. The molecule has 4 heterocycles. The second kappa shape index (κ2) is 6.14. The third-order valence-electron chi connectivity index (χ3n) is 6.31. The van der Waals surface area contributed by atoms with Crippen molar-refractivity contribution in [3.05, 3.63) is 42.3 Å². The average Bonchev–Trinajstić information content (AvgIpc) is 3.10. The molecule has 5 rings (SSSR count). The second-order valence-electron chi connectivity index (χ2n) is 8.33. The first-order valence-electron chi connectivity index (χ1n) is 9.59. The van der Waals surface area contributed by atoms with Gasteiger partial charge in [0.05, 0.1) is 30.0 Å². The number of aromatic amines is 1. The molecule has 1 saturated carbocycles. The standard InChI is InChI=1S/C20H19N7O2S/c1-19(4-5-19)30(28,29)26-12-20(13-26,6-7-21)27-11-14(9-25-27)17-15-3-8-23-18(15)24-10-16(17)22-2/h3,8-11H,4-6,12-13H2,1H3,(H,23,24). The Morgan fingerprint density at radius 1 is 1.37 bits per heavy atom. The lowest BCUT2D eigenvalue weighted by molar-refractivity contribution is 0.0707. The third-order valence-corrected chi connectivity index (χ3v) is 8.90. The summed E-state index contributed by atoms with van der Waals surface area (Å²) in [7, 11) is -3.37. The molecule has 2 aliphatic rings. The lowest BCUT2D eigenvalue weighted by Crippen LogP contribution is -2.65. The zero-order valence-corrected chi connectivity index (χ0v) is 17.1. The van der Waals surface area contributed by atoms with Gasteiger partial charge < -0.3 is 4.98 Å². The van der Waals surface area contributed by atoms with Gasteiger partial charge in [0.1, 0.15) is 11.2 Å². The van der Waals surface area contributed by atoms with E-state index in [0.29, 0.717) is 24.2 Å². The van der Waals surface area contributed by atoms with Crippen molar-refractivity contribution in [3.63, 3.8) is 0 Å². The van der Waals surface area contributed by atoms with Crippen molar-refractivity contribution < 1.29 is 8.42 Å². The Labute approximate surface area is 173 Å². The maximum atomic E-state index is 12.8. The van der Waals surface area contributed by atoms with Gasteiger partial charge in [0.25, 0.3) is 0 Å². The van der Waals surface area contributed by atoms with Crippen LogP contribution in [0.3, 0.4) is 0 Å². The summed E-state index contributed by atoms with van der Waals surface area (Å²) in [5.41, 5.74) is 1.85. The Hall–Kier alpha value is -3.21. The van der Waals surface area contributed by atoms with Crippen molar-refractivity contribution in [2.45, 2.75) is 36.5 Å². The van der Waals surface area contributed by atoms with E-state index in [1.165, 1.54) is 10.5 Å². The number of sulfonamides is 1. The molecule has 0 radical (unpaired) electrons. The average molecular weight is 421 g/mol. The van der Waals surface area contributed by atoms with Gasteiger partial charge in [0, 0.05) is 48.2 Å². The first kappa shape index (κ1) is 18.8. The molecule has 1 aliphatic carbocycles. The molecular formula is C20H19N7O2S. The van der Waals surface area contributed by atoms with E-state index >= 15 is 0 Å². The highest BCUT2D eigenvalue weighted by Gasteiger charge is 2.59. The molecule has 3 aromatic heterocycles. The molecule has 0 unspecified atom stereocenters. The number of pyridine rings is 1. The summed E-state index contributed by atoms with van der Waals surface area (Å²) in [6.45, 7) is 9.72. The third kappa shape index (κ3) is 2.51. The molecule has 0 spiro atoms. The van der Waals surface area contributed by atoms with Crippen LogP contribution in [0.5, 0.6) is 0 Å². The summed E-state index contributed by atoms with van der Waals surface area (Å²) in [5, 5.41) is 14.7.